The van der Waals surface area contributed by atoms with Crippen LogP contribution in [0.5, 0.6) is 0 Å². The van der Waals surface area contributed by atoms with Gasteiger partial charge in [-0.05, 0) is 32.0 Å². The molecule has 1 fully saturated rings. The molecule has 0 radical (unpaired) electrons. The number of para-hydroxylation sites is 1. The van der Waals surface area contributed by atoms with Crippen LogP contribution < -0.4 is 10.2 Å². The number of nitrogens with zero attached hydrogens (tertiary/aromatic N) is 1. The first-order valence-corrected chi connectivity index (χ1v) is 8.48. The van der Waals surface area contributed by atoms with Crippen molar-refractivity contribution in [2.24, 2.45) is 0 Å². The Morgan fingerprint density at radius 3 is 2.79 bits per heavy atom. The normalized spacial score (nSPS) is 19.9. The molecule has 2 rings (SSSR count). The molecule has 1 heterocycles. The number of sulfone groups is 1. The van der Waals surface area contributed by atoms with Crippen LogP contribution in [-0.4, -0.2) is 40.3 Å². The highest BCUT2D eigenvalue weighted by atomic mass is 32.2. The zero-order valence-electron chi connectivity index (χ0n) is 11.6. The fourth-order valence-corrected chi connectivity index (χ4v) is 3.81. The van der Waals surface area contributed by atoms with Gasteiger partial charge < -0.3 is 10.2 Å². The van der Waals surface area contributed by atoms with Crippen molar-refractivity contribution in [1.29, 1.82) is 0 Å². The summed E-state index contributed by atoms with van der Waals surface area (Å²) in [5.41, 5.74) is 0.863. The summed E-state index contributed by atoms with van der Waals surface area (Å²) in [6.45, 7) is 3.52. The van der Waals surface area contributed by atoms with Gasteiger partial charge in [-0.1, -0.05) is 19.1 Å². The van der Waals surface area contributed by atoms with Crippen LogP contribution in [0.3, 0.4) is 0 Å². The number of hydrogen-bond donors (Lipinski definition) is 1. The topological polar surface area (TPSA) is 49.4 Å². The van der Waals surface area contributed by atoms with E-state index in [0.29, 0.717) is 10.9 Å². The van der Waals surface area contributed by atoms with E-state index < -0.39 is 9.84 Å². The van der Waals surface area contributed by atoms with Crippen molar-refractivity contribution >= 4 is 15.5 Å². The van der Waals surface area contributed by atoms with Crippen molar-refractivity contribution in [3.63, 3.8) is 0 Å². The molecule has 1 unspecified atom stereocenters. The van der Waals surface area contributed by atoms with E-state index >= 15 is 0 Å². The van der Waals surface area contributed by atoms with Crippen molar-refractivity contribution in [2.75, 3.05) is 30.8 Å². The Bertz CT molecular complexity index is 528. The van der Waals surface area contributed by atoms with E-state index in [-0.39, 0.29) is 5.75 Å². The number of rotatable bonds is 5. The van der Waals surface area contributed by atoms with Gasteiger partial charge in [0.1, 0.15) is 0 Å². The Hall–Kier alpha value is -1.07. The van der Waals surface area contributed by atoms with Crippen LogP contribution in [0.2, 0.25) is 0 Å². The Labute approximate surface area is 115 Å². The van der Waals surface area contributed by atoms with E-state index in [2.05, 4.69) is 10.2 Å². The molecule has 5 heteroatoms. The van der Waals surface area contributed by atoms with Crippen LogP contribution in [0.15, 0.2) is 29.2 Å². The summed E-state index contributed by atoms with van der Waals surface area (Å²) in [6.07, 6.45) is 2.23. The maximum Gasteiger partial charge on any atom is 0.180 e. The Morgan fingerprint density at radius 1 is 1.37 bits per heavy atom. The average Bonchev–Trinajstić information content (AvgIpc) is 2.87. The monoisotopic (exact) mass is 282 g/mol. The van der Waals surface area contributed by atoms with E-state index in [1.165, 1.54) is 0 Å². The summed E-state index contributed by atoms with van der Waals surface area (Å²) in [4.78, 5) is 2.71. The van der Waals surface area contributed by atoms with Gasteiger partial charge in [-0.15, -0.1) is 0 Å². The zero-order valence-corrected chi connectivity index (χ0v) is 12.4. The van der Waals surface area contributed by atoms with Crippen LogP contribution in [0, 0.1) is 0 Å². The first kappa shape index (κ1) is 14.3. The fraction of sp³-hybridized carbons (Fsp3) is 0.571. The van der Waals surface area contributed by atoms with Gasteiger partial charge in [0, 0.05) is 19.1 Å². The highest BCUT2D eigenvalue weighted by molar-refractivity contribution is 7.91. The van der Waals surface area contributed by atoms with Crippen LogP contribution in [-0.2, 0) is 9.84 Å². The van der Waals surface area contributed by atoms with Crippen molar-refractivity contribution in [3.8, 4) is 0 Å². The zero-order chi connectivity index (χ0) is 13.9. The summed E-state index contributed by atoms with van der Waals surface area (Å²) in [5.74, 6) is 0.147. The summed E-state index contributed by atoms with van der Waals surface area (Å²) in [7, 11) is -1.23. The maximum atomic E-state index is 12.2. The fourth-order valence-electron chi connectivity index (χ4n) is 2.71. The number of hydrogen-bond acceptors (Lipinski definition) is 4. The summed E-state index contributed by atoms with van der Waals surface area (Å²) in [6, 6.07) is 7.76. The predicted molar refractivity (Wildman–Crippen MR) is 78.5 cm³/mol. The van der Waals surface area contributed by atoms with Gasteiger partial charge in [-0.2, -0.15) is 0 Å². The van der Waals surface area contributed by atoms with Crippen molar-refractivity contribution in [2.45, 2.75) is 30.7 Å². The molecule has 1 atom stereocenters. The van der Waals surface area contributed by atoms with Gasteiger partial charge in [0.05, 0.1) is 16.3 Å². The van der Waals surface area contributed by atoms with Gasteiger partial charge in [-0.3, -0.25) is 0 Å². The van der Waals surface area contributed by atoms with Crippen molar-refractivity contribution in [3.05, 3.63) is 24.3 Å². The molecule has 0 spiro atoms. The standard InChI is InChI=1S/C14H22N2O2S/c1-3-19(17,18)14-9-5-4-8-13(14)16-10-6-7-12(16)11-15-2/h4-5,8-9,12,15H,3,6-7,10-11H2,1-2H3. The lowest BCUT2D eigenvalue weighted by molar-refractivity contribution is 0.593. The SMILES string of the molecule is CCS(=O)(=O)c1ccccc1N1CCCC1CNC. The summed E-state index contributed by atoms with van der Waals surface area (Å²) in [5, 5.41) is 3.19. The second-order valence-electron chi connectivity index (χ2n) is 4.92. The molecule has 1 N–H and O–H groups in total. The van der Waals surface area contributed by atoms with Gasteiger partial charge >= 0.3 is 0 Å². The highest BCUT2D eigenvalue weighted by Gasteiger charge is 2.28. The molecule has 1 aromatic carbocycles. The number of nitrogens with one attached hydrogen (secondary N) is 1. The van der Waals surface area contributed by atoms with Crippen molar-refractivity contribution in [1.82, 2.24) is 5.32 Å². The molecule has 0 aromatic heterocycles. The molecule has 0 amide bonds. The lowest BCUT2D eigenvalue weighted by atomic mass is 10.2. The van der Waals surface area contributed by atoms with E-state index in [4.69, 9.17) is 0 Å². The first-order chi connectivity index (χ1) is 9.10. The molecule has 0 aliphatic carbocycles. The minimum absolute atomic E-state index is 0.147. The van der Waals surface area contributed by atoms with E-state index in [0.717, 1.165) is 31.6 Å². The third kappa shape index (κ3) is 2.92. The average molecular weight is 282 g/mol. The van der Waals surface area contributed by atoms with Gasteiger partial charge in [0.15, 0.2) is 9.84 Å². The molecule has 1 aromatic rings. The Morgan fingerprint density at radius 2 is 2.11 bits per heavy atom. The smallest absolute Gasteiger partial charge is 0.180 e. The molecule has 1 aliphatic rings. The molecular weight excluding hydrogens is 260 g/mol. The largest absolute Gasteiger partial charge is 0.366 e. The number of benzene rings is 1. The molecular formula is C14H22N2O2S. The van der Waals surface area contributed by atoms with E-state index in [1.807, 2.05) is 19.2 Å². The summed E-state index contributed by atoms with van der Waals surface area (Å²) >= 11 is 0. The Kier molecular flexibility index (Phi) is 4.47. The van der Waals surface area contributed by atoms with Gasteiger partial charge in [-0.25, -0.2) is 8.42 Å². The van der Waals surface area contributed by atoms with Crippen LogP contribution in [0.25, 0.3) is 0 Å². The molecule has 1 aliphatic heterocycles. The van der Waals surface area contributed by atoms with Crippen LogP contribution in [0.4, 0.5) is 5.69 Å². The molecule has 19 heavy (non-hydrogen) atoms. The number of anilines is 1. The van der Waals surface area contributed by atoms with Gasteiger partial charge in [0.25, 0.3) is 0 Å². The number of likely N-dealkylation sites (N-methyl/N-ethyl adjacent to an activating group) is 1. The second kappa shape index (κ2) is 5.92. The van der Waals surface area contributed by atoms with Crippen molar-refractivity contribution < 1.29 is 8.42 Å². The third-order valence-corrected chi connectivity index (χ3v) is 5.48. The lowest BCUT2D eigenvalue weighted by Crippen LogP contribution is -2.37. The quantitative estimate of drug-likeness (QED) is 0.892. The van der Waals surface area contributed by atoms with Crippen LogP contribution >= 0.6 is 0 Å². The van der Waals surface area contributed by atoms with E-state index in [1.54, 1.807) is 19.1 Å². The molecule has 106 valence electrons. The predicted octanol–water partition coefficient (Wildman–Crippen LogP) is 1.67. The van der Waals surface area contributed by atoms with Crippen LogP contribution in [0.1, 0.15) is 19.8 Å². The lowest BCUT2D eigenvalue weighted by Gasteiger charge is -2.28. The third-order valence-electron chi connectivity index (χ3n) is 3.71. The molecule has 0 bridgehead atoms. The van der Waals surface area contributed by atoms with E-state index in [9.17, 15) is 8.42 Å². The van der Waals surface area contributed by atoms with Gasteiger partial charge in [0.2, 0.25) is 0 Å². The minimum atomic E-state index is -3.17. The summed E-state index contributed by atoms with van der Waals surface area (Å²) < 4.78 is 24.4. The second-order valence-corrected chi connectivity index (χ2v) is 7.16. The first-order valence-electron chi connectivity index (χ1n) is 6.83. The molecule has 0 saturated carbocycles. The minimum Gasteiger partial charge on any atom is -0.366 e. The maximum absolute atomic E-state index is 12.2. The Balaban J connectivity index is 2.40. The molecule has 1 saturated heterocycles. The molecule has 4 nitrogen and oxygen atoms in total. The highest BCUT2D eigenvalue weighted by Crippen LogP contribution is 2.31.